The molecule has 0 aliphatic carbocycles. The summed E-state index contributed by atoms with van der Waals surface area (Å²) >= 11 is 1.41. The average molecular weight is 405 g/mol. The maximum atomic E-state index is 13.2. The molecule has 0 spiro atoms. The Bertz CT molecular complexity index is 1020. The molecule has 2 aromatic carbocycles. The number of amidine groups is 1. The second-order valence-electron chi connectivity index (χ2n) is 6.31. The van der Waals surface area contributed by atoms with Crippen molar-refractivity contribution in [2.75, 3.05) is 12.0 Å². The van der Waals surface area contributed by atoms with Gasteiger partial charge in [-0.05, 0) is 48.4 Å². The number of methoxy groups -OCH3 is 1. The zero-order valence-corrected chi connectivity index (χ0v) is 16.6. The van der Waals surface area contributed by atoms with Gasteiger partial charge in [0.05, 0.1) is 30.5 Å². The molecule has 1 atom stereocenters. The molecule has 1 fully saturated rings. The lowest BCUT2D eigenvalue weighted by Crippen LogP contribution is -2.32. The van der Waals surface area contributed by atoms with Gasteiger partial charge in [-0.15, -0.1) is 5.10 Å². The van der Waals surface area contributed by atoms with Crippen LogP contribution in [-0.4, -0.2) is 29.6 Å². The third-order valence-corrected chi connectivity index (χ3v) is 5.53. The Morgan fingerprint density at radius 3 is 2.59 bits per heavy atom. The van der Waals surface area contributed by atoms with Gasteiger partial charge >= 0.3 is 0 Å². The van der Waals surface area contributed by atoms with Crippen LogP contribution in [0.3, 0.4) is 0 Å². The minimum Gasteiger partial charge on any atom is -0.497 e. The lowest BCUT2D eigenvalue weighted by molar-refractivity contribution is -0.116. The number of furan rings is 1. The highest BCUT2D eigenvalue weighted by molar-refractivity contribution is 8.16. The number of rotatable bonds is 6. The summed E-state index contributed by atoms with van der Waals surface area (Å²) in [5.74, 6) is 1.38. The first-order chi connectivity index (χ1) is 14.2. The van der Waals surface area contributed by atoms with E-state index in [0.717, 1.165) is 17.0 Å². The molecule has 0 unspecified atom stereocenters. The van der Waals surface area contributed by atoms with Crippen LogP contribution in [-0.2, 0) is 11.2 Å². The molecule has 1 saturated heterocycles. The van der Waals surface area contributed by atoms with Gasteiger partial charge in [-0.3, -0.25) is 9.69 Å². The Morgan fingerprint density at radius 2 is 1.90 bits per heavy atom. The smallest absolute Gasteiger partial charge is 0.247 e. The molecule has 2 heterocycles. The van der Waals surface area contributed by atoms with Crippen LogP contribution in [0.5, 0.6) is 5.75 Å². The molecule has 6 nitrogen and oxygen atoms in total. The van der Waals surface area contributed by atoms with Crippen LogP contribution in [0.4, 0.5) is 5.69 Å². The number of hydrogen-bond donors (Lipinski definition) is 0. The number of ether oxygens (including phenoxy) is 1. The van der Waals surface area contributed by atoms with Crippen LogP contribution in [0.1, 0.15) is 11.3 Å². The molecular formula is C22H19N3O3S. The third kappa shape index (κ3) is 4.41. The van der Waals surface area contributed by atoms with Crippen molar-refractivity contribution in [2.24, 2.45) is 10.2 Å². The second kappa shape index (κ2) is 8.79. The van der Waals surface area contributed by atoms with Crippen LogP contribution in [0.15, 0.2) is 87.6 Å². The summed E-state index contributed by atoms with van der Waals surface area (Å²) in [5, 5.41) is 8.68. The maximum Gasteiger partial charge on any atom is 0.247 e. The van der Waals surface area contributed by atoms with Crippen molar-refractivity contribution < 1.29 is 13.9 Å². The number of hydrogen-bond acceptors (Lipinski definition) is 6. The Hall–Kier alpha value is -3.32. The predicted molar refractivity (Wildman–Crippen MR) is 116 cm³/mol. The van der Waals surface area contributed by atoms with E-state index in [-0.39, 0.29) is 11.2 Å². The first kappa shape index (κ1) is 19.0. The lowest BCUT2D eigenvalue weighted by Gasteiger charge is -2.15. The summed E-state index contributed by atoms with van der Waals surface area (Å²) in [6, 6.07) is 20.8. The molecule has 1 aromatic heterocycles. The third-order valence-electron chi connectivity index (χ3n) is 4.40. The van der Waals surface area contributed by atoms with Crippen molar-refractivity contribution in [3.8, 4) is 5.75 Å². The second-order valence-corrected chi connectivity index (χ2v) is 7.48. The zero-order valence-electron chi connectivity index (χ0n) is 15.8. The van der Waals surface area contributed by atoms with Gasteiger partial charge in [0, 0.05) is 0 Å². The number of carbonyl (C=O) groups is 1. The monoisotopic (exact) mass is 405 g/mol. The Morgan fingerprint density at radius 1 is 1.10 bits per heavy atom. The van der Waals surface area contributed by atoms with E-state index in [9.17, 15) is 4.79 Å². The highest BCUT2D eigenvalue weighted by atomic mass is 32.2. The summed E-state index contributed by atoms with van der Waals surface area (Å²) in [4.78, 5) is 14.8. The molecule has 4 rings (SSSR count). The Kier molecular flexibility index (Phi) is 5.76. The van der Waals surface area contributed by atoms with Crippen molar-refractivity contribution in [1.82, 2.24) is 0 Å². The van der Waals surface area contributed by atoms with Crippen LogP contribution >= 0.6 is 11.8 Å². The molecule has 1 amide bonds. The standard InChI is InChI=1S/C22H19N3O3S/c1-27-18-11-9-16(10-12-18)14-20-21(26)25(17-6-3-2-4-7-17)22(29-20)24-23-15-19-8-5-13-28-19/h2-13,15,20H,14H2,1H3/b23-15-,24-22-/t20-/m1/s1. The van der Waals surface area contributed by atoms with Crippen LogP contribution in [0.25, 0.3) is 0 Å². The molecule has 29 heavy (non-hydrogen) atoms. The van der Waals surface area contributed by atoms with Gasteiger partial charge in [-0.1, -0.05) is 42.1 Å². The fourth-order valence-corrected chi connectivity index (χ4v) is 4.09. The molecular weight excluding hydrogens is 386 g/mol. The SMILES string of the molecule is COc1ccc(C[C@H]2S/C(=N\N=C/c3ccco3)N(c3ccccc3)C2=O)cc1. The Balaban J connectivity index is 1.58. The van der Waals surface area contributed by atoms with Crippen LogP contribution < -0.4 is 9.64 Å². The zero-order chi connectivity index (χ0) is 20.1. The van der Waals surface area contributed by atoms with Crippen molar-refractivity contribution in [3.63, 3.8) is 0 Å². The summed E-state index contributed by atoms with van der Waals surface area (Å²) in [7, 11) is 1.63. The molecule has 146 valence electrons. The van der Waals surface area contributed by atoms with Gasteiger partial charge in [-0.25, -0.2) is 0 Å². The minimum absolute atomic E-state index is 0.0102. The summed E-state index contributed by atoms with van der Waals surface area (Å²) < 4.78 is 10.4. The van der Waals surface area contributed by atoms with E-state index < -0.39 is 0 Å². The average Bonchev–Trinajstić information content (AvgIpc) is 3.38. The van der Waals surface area contributed by atoms with E-state index in [1.54, 1.807) is 30.4 Å². The van der Waals surface area contributed by atoms with E-state index in [0.29, 0.717) is 17.3 Å². The predicted octanol–water partition coefficient (Wildman–Crippen LogP) is 4.37. The van der Waals surface area contributed by atoms with Crippen LogP contribution in [0, 0.1) is 0 Å². The quantitative estimate of drug-likeness (QED) is 0.451. The minimum atomic E-state index is -0.277. The number of anilines is 1. The molecule has 1 aliphatic rings. The molecule has 7 heteroatoms. The maximum absolute atomic E-state index is 13.2. The van der Waals surface area contributed by atoms with E-state index in [1.807, 2.05) is 54.6 Å². The number of carbonyl (C=O) groups excluding carboxylic acids is 1. The van der Waals surface area contributed by atoms with E-state index in [2.05, 4.69) is 10.2 Å². The van der Waals surface area contributed by atoms with Crippen molar-refractivity contribution in [2.45, 2.75) is 11.7 Å². The largest absolute Gasteiger partial charge is 0.497 e. The molecule has 0 bridgehead atoms. The van der Waals surface area contributed by atoms with E-state index >= 15 is 0 Å². The number of nitrogens with zero attached hydrogens (tertiary/aromatic N) is 3. The molecule has 1 aliphatic heterocycles. The Labute approximate surface area is 172 Å². The van der Waals surface area contributed by atoms with Gasteiger partial charge in [0.25, 0.3) is 0 Å². The van der Waals surface area contributed by atoms with Gasteiger partial charge in [0.1, 0.15) is 11.5 Å². The molecule has 0 N–H and O–H groups in total. The fraction of sp³-hybridized carbons (Fsp3) is 0.136. The molecule has 3 aromatic rings. The van der Waals surface area contributed by atoms with Crippen molar-refractivity contribution in [1.29, 1.82) is 0 Å². The van der Waals surface area contributed by atoms with E-state index in [4.69, 9.17) is 9.15 Å². The van der Waals surface area contributed by atoms with Crippen LogP contribution in [0.2, 0.25) is 0 Å². The van der Waals surface area contributed by atoms with Crippen molar-refractivity contribution in [3.05, 3.63) is 84.3 Å². The first-order valence-electron chi connectivity index (χ1n) is 9.08. The molecule has 0 radical (unpaired) electrons. The molecule has 0 saturated carbocycles. The first-order valence-corrected chi connectivity index (χ1v) is 9.95. The van der Waals surface area contributed by atoms with Gasteiger partial charge < -0.3 is 9.15 Å². The number of para-hydroxylation sites is 1. The highest BCUT2D eigenvalue weighted by Gasteiger charge is 2.39. The lowest BCUT2D eigenvalue weighted by atomic mass is 10.1. The number of thioether (sulfide) groups is 1. The van der Waals surface area contributed by atoms with Gasteiger partial charge in [-0.2, -0.15) is 5.10 Å². The fourth-order valence-electron chi connectivity index (χ4n) is 2.96. The highest BCUT2D eigenvalue weighted by Crippen LogP contribution is 2.34. The van der Waals surface area contributed by atoms with E-state index in [1.165, 1.54) is 18.0 Å². The summed E-state index contributed by atoms with van der Waals surface area (Å²) in [6.45, 7) is 0. The topological polar surface area (TPSA) is 67.4 Å². The van der Waals surface area contributed by atoms with Crippen molar-refractivity contribution >= 4 is 34.7 Å². The summed E-state index contributed by atoms with van der Waals surface area (Å²) in [5.41, 5.74) is 1.83. The van der Waals surface area contributed by atoms with Gasteiger partial charge in [0.2, 0.25) is 5.91 Å². The van der Waals surface area contributed by atoms with Gasteiger partial charge in [0.15, 0.2) is 5.17 Å². The normalized spacial score (nSPS) is 18.1. The summed E-state index contributed by atoms with van der Waals surface area (Å²) in [6.07, 6.45) is 3.69. The number of benzene rings is 2. The number of amides is 1.